The number of esters is 1. The van der Waals surface area contributed by atoms with Crippen LogP contribution >= 0.6 is 11.3 Å². The van der Waals surface area contributed by atoms with Gasteiger partial charge in [-0.05, 0) is 43.3 Å². The van der Waals surface area contributed by atoms with Crippen LogP contribution in [0.1, 0.15) is 19.0 Å². The van der Waals surface area contributed by atoms with Crippen LogP contribution < -0.4 is 14.2 Å². The molecule has 0 aliphatic carbocycles. The number of methoxy groups -OCH3 is 1. The number of carbonyl (C=O) groups is 1. The van der Waals surface area contributed by atoms with Gasteiger partial charge in [-0.15, -0.1) is 11.3 Å². The number of hydrogen-bond acceptors (Lipinski definition) is 8. The Morgan fingerprint density at radius 1 is 1.12 bits per heavy atom. The minimum atomic E-state index is -3.72. The molecule has 0 unspecified atom stereocenters. The summed E-state index contributed by atoms with van der Waals surface area (Å²) >= 11 is 1.44. The molecule has 0 aliphatic heterocycles. The Balaban J connectivity index is 1.45. The Morgan fingerprint density at radius 2 is 1.91 bits per heavy atom. The molecule has 8 nitrogen and oxygen atoms in total. The van der Waals surface area contributed by atoms with Gasteiger partial charge in [-0.2, -0.15) is 0 Å². The van der Waals surface area contributed by atoms with E-state index in [0.29, 0.717) is 18.1 Å². The predicted molar refractivity (Wildman–Crippen MR) is 121 cm³/mol. The molecular weight excluding hydrogens is 452 g/mol. The molecule has 10 heteroatoms. The Labute approximate surface area is 191 Å². The third-order valence-electron chi connectivity index (χ3n) is 4.32. The third-order valence-corrected chi connectivity index (χ3v) is 6.73. The van der Waals surface area contributed by atoms with Crippen molar-refractivity contribution in [3.05, 3.63) is 59.6 Å². The molecule has 0 saturated heterocycles. The van der Waals surface area contributed by atoms with E-state index in [2.05, 4.69) is 9.71 Å². The Morgan fingerprint density at radius 3 is 2.62 bits per heavy atom. The second-order valence-corrected chi connectivity index (χ2v) is 9.21. The molecule has 0 radical (unpaired) electrons. The summed E-state index contributed by atoms with van der Waals surface area (Å²) in [6.45, 7) is 2.29. The Hall–Kier alpha value is -2.95. The van der Waals surface area contributed by atoms with Crippen molar-refractivity contribution in [2.24, 2.45) is 0 Å². The molecule has 0 amide bonds. The number of benzene rings is 2. The summed E-state index contributed by atoms with van der Waals surface area (Å²) in [4.78, 5) is 16.6. The van der Waals surface area contributed by atoms with Crippen LogP contribution in [0.5, 0.6) is 11.5 Å². The number of carbonyl (C=O) groups excluding carboxylic acids is 1. The lowest BCUT2D eigenvalue weighted by molar-refractivity contribution is -0.144. The topological polar surface area (TPSA) is 104 Å². The van der Waals surface area contributed by atoms with Crippen LogP contribution in [0.25, 0.3) is 10.6 Å². The van der Waals surface area contributed by atoms with Gasteiger partial charge in [-0.25, -0.2) is 18.1 Å². The minimum Gasteiger partial charge on any atom is -0.497 e. The summed E-state index contributed by atoms with van der Waals surface area (Å²) in [7, 11) is -2.12. The van der Waals surface area contributed by atoms with Crippen LogP contribution in [0.15, 0.2) is 58.8 Å². The number of ether oxygens (including phenoxy) is 3. The molecule has 1 N–H and O–H groups in total. The van der Waals surface area contributed by atoms with Gasteiger partial charge in [0.25, 0.3) is 0 Å². The van der Waals surface area contributed by atoms with Crippen LogP contribution in [-0.2, 0) is 26.2 Å². The van der Waals surface area contributed by atoms with E-state index in [9.17, 15) is 13.2 Å². The van der Waals surface area contributed by atoms with Gasteiger partial charge in [-0.3, -0.25) is 4.79 Å². The molecule has 3 aromatic rings. The smallest absolute Gasteiger partial charge is 0.307 e. The van der Waals surface area contributed by atoms with Gasteiger partial charge in [0.2, 0.25) is 10.0 Å². The lowest BCUT2D eigenvalue weighted by Gasteiger charge is -2.08. The maximum atomic E-state index is 12.3. The maximum Gasteiger partial charge on any atom is 0.307 e. The Bertz CT molecular complexity index is 1140. The summed E-state index contributed by atoms with van der Waals surface area (Å²) in [5.41, 5.74) is 1.53. The van der Waals surface area contributed by atoms with Crippen molar-refractivity contribution in [3.8, 4) is 22.1 Å². The number of hydrogen-bond donors (Lipinski definition) is 1. The van der Waals surface area contributed by atoms with Crippen molar-refractivity contribution in [2.75, 3.05) is 20.3 Å². The molecule has 1 heterocycles. The lowest BCUT2D eigenvalue weighted by Crippen LogP contribution is -2.26. The highest BCUT2D eigenvalue weighted by atomic mass is 32.2. The Kier molecular flexibility index (Phi) is 8.20. The van der Waals surface area contributed by atoms with E-state index in [1.165, 1.54) is 23.5 Å². The number of nitrogens with zero attached hydrogens (tertiary/aromatic N) is 1. The van der Waals surface area contributed by atoms with E-state index in [0.717, 1.165) is 16.3 Å². The first-order valence-corrected chi connectivity index (χ1v) is 12.2. The first-order chi connectivity index (χ1) is 15.4. The summed E-state index contributed by atoms with van der Waals surface area (Å²) < 4.78 is 42.8. The molecule has 32 heavy (non-hydrogen) atoms. The van der Waals surface area contributed by atoms with Crippen LogP contribution in [0, 0.1) is 0 Å². The van der Waals surface area contributed by atoms with Crippen LogP contribution in [0.2, 0.25) is 0 Å². The highest BCUT2D eigenvalue weighted by Crippen LogP contribution is 2.27. The van der Waals surface area contributed by atoms with Gasteiger partial charge < -0.3 is 14.2 Å². The fourth-order valence-electron chi connectivity index (χ4n) is 2.74. The molecule has 0 bridgehead atoms. The molecular formula is C22H24N2O6S2. The highest BCUT2D eigenvalue weighted by Gasteiger charge is 2.15. The summed E-state index contributed by atoms with van der Waals surface area (Å²) in [6, 6.07) is 13.6. The summed E-state index contributed by atoms with van der Waals surface area (Å²) in [6.07, 6.45) is -0.0941. The van der Waals surface area contributed by atoms with Gasteiger partial charge in [0.1, 0.15) is 23.1 Å². The molecule has 170 valence electrons. The normalized spacial score (nSPS) is 11.2. The molecule has 0 atom stereocenters. The first kappa shape index (κ1) is 23.7. The molecule has 1 aromatic heterocycles. The average Bonchev–Trinajstić information content (AvgIpc) is 3.27. The van der Waals surface area contributed by atoms with E-state index in [4.69, 9.17) is 14.2 Å². The second kappa shape index (κ2) is 11.1. The third kappa shape index (κ3) is 6.52. The number of aromatic nitrogens is 1. The molecule has 0 spiro atoms. The molecule has 0 aliphatic rings. The fraction of sp³-hybridized carbons (Fsp3) is 0.273. The van der Waals surface area contributed by atoms with Crippen LogP contribution in [-0.4, -0.2) is 39.6 Å². The zero-order valence-electron chi connectivity index (χ0n) is 17.7. The van der Waals surface area contributed by atoms with E-state index in [1.807, 2.05) is 36.6 Å². The molecule has 0 fully saturated rings. The summed E-state index contributed by atoms with van der Waals surface area (Å²) in [5, 5.41) is 2.61. The maximum absolute atomic E-state index is 12.3. The first-order valence-electron chi connectivity index (χ1n) is 9.88. The SMILES string of the molecule is CCOc1ccc(S(=O)(=O)NCCC(=O)OCc2csc(-c3cccc(OC)c3)n2)cc1. The van der Waals surface area contributed by atoms with Crippen molar-refractivity contribution in [2.45, 2.75) is 24.8 Å². The monoisotopic (exact) mass is 476 g/mol. The van der Waals surface area contributed by atoms with Crippen molar-refractivity contribution in [3.63, 3.8) is 0 Å². The largest absolute Gasteiger partial charge is 0.497 e. The molecule has 2 aromatic carbocycles. The van der Waals surface area contributed by atoms with Crippen molar-refractivity contribution < 1.29 is 27.4 Å². The van der Waals surface area contributed by atoms with Crippen molar-refractivity contribution in [1.29, 1.82) is 0 Å². The van der Waals surface area contributed by atoms with Gasteiger partial charge in [0.15, 0.2) is 0 Å². The standard InChI is InChI=1S/C22H24N2O6S2/c1-3-29-18-7-9-20(10-8-18)32(26,27)23-12-11-21(25)30-14-17-15-31-22(24-17)16-5-4-6-19(13-16)28-2/h4-10,13,15,23H,3,11-12,14H2,1-2H3. The van der Waals surface area contributed by atoms with Crippen molar-refractivity contribution >= 4 is 27.3 Å². The molecule has 3 rings (SSSR count). The van der Waals surface area contributed by atoms with E-state index >= 15 is 0 Å². The quantitative estimate of drug-likeness (QED) is 0.422. The van der Waals surface area contributed by atoms with Gasteiger partial charge in [-0.1, -0.05) is 12.1 Å². The predicted octanol–water partition coefficient (Wildman–Crippen LogP) is 3.63. The fourth-order valence-corrected chi connectivity index (χ4v) is 4.57. The highest BCUT2D eigenvalue weighted by molar-refractivity contribution is 7.89. The zero-order chi connectivity index (χ0) is 23.0. The van der Waals surface area contributed by atoms with Gasteiger partial charge in [0, 0.05) is 17.5 Å². The number of nitrogens with one attached hydrogen (secondary N) is 1. The number of thiazole rings is 1. The number of rotatable bonds is 11. The second-order valence-electron chi connectivity index (χ2n) is 6.59. The lowest BCUT2D eigenvalue weighted by atomic mass is 10.2. The van der Waals surface area contributed by atoms with Crippen molar-refractivity contribution in [1.82, 2.24) is 9.71 Å². The van der Waals surface area contributed by atoms with E-state index < -0.39 is 16.0 Å². The minimum absolute atomic E-state index is 0.0188. The van der Waals surface area contributed by atoms with E-state index in [-0.39, 0.29) is 24.5 Å². The summed E-state index contributed by atoms with van der Waals surface area (Å²) in [5.74, 6) is 0.806. The van der Waals surface area contributed by atoms with Crippen LogP contribution in [0.4, 0.5) is 0 Å². The van der Waals surface area contributed by atoms with Crippen LogP contribution in [0.3, 0.4) is 0 Å². The van der Waals surface area contributed by atoms with E-state index in [1.54, 1.807) is 19.2 Å². The average molecular weight is 477 g/mol. The number of sulfonamides is 1. The van der Waals surface area contributed by atoms with Gasteiger partial charge in [0.05, 0.1) is 30.7 Å². The molecule has 0 saturated carbocycles. The zero-order valence-corrected chi connectivity index (χ0v) is 19.4. The van der Waals surface area contributed by atoms with Gasteiger partial charge >= 0.3 is 5.97 Å².